The van der Waals surface area contributed by atoms with Gasteiger partial charge in [-0.05, 0) is 68.2 Å². The summed E-state index contributed by atoms with van der Waals surface area (Å²) in [6.45, 7) is 3.65. The van der Waals surface area contributed by atoms with Crippen LogP contribution in [0.1, 0.15) is 52.7 Å². The highest BCUT2D eigenvalue weighted by Gasteiger charge is 2.26. The molecule has 0 atom stereocenters. The lowest BCUT2D eigenvalue weighted by Crippen LogP contribution is -2.35. The van der Waals surface area contributed by atoms with Gasteiger partial charge in [-0.3, -0.25) is 4.79 Å². The molecule has 2 aliphatic heterocycles. The van der Waals surface area contributed by atoms with Crippen molar-refractivity contribution in [3.8, 4) is 5.88 Å². The maximum atomic E-state index is 13.1. The van der Waals surface area contributed by atoms with Gasteiger partial charge in [0, 0.05) is 41.7 Å². The van der Waals surface area contributed by atoms with E-state index in [1.165, 1.54) is 31.4 Å². The van der Waals surface area contributed by atoms with Gasteiger partial charge in [0.25, 0.3) is 0 Å². The van der Waals surface area contributed by atoms with Crippen LogP contribution in [0.5, 0.6) is 5.88 Å². The van der Waals surface area contributed by atoms with E-state index in [0.29, 0.717) is 35.1 Å². The van der Waals surface area contributed by atoms with Crippen LogP contribution < -0.4 is 4.90 Å². The van der Waals surface area contributed by atoms with Gasteiger partial charge in [-0.2, -0.15) is 0 Å². The zero-order valence-electron chi connectivity index (χ0n) is 22.3. The number of hydrogen-bond acceptors (Lipinski definition) is 5. The van der Waals surface area contributed by atoms with E-state index in [0.717, 1.165) is 48.6 Å². The molecule has 0 saturated carbocycles. The topological polar surface area (TPSA) is 109 Å². The number of carboxylic acid groups (broad SMARTS) is 1. The molecule has 0 spiro atoms. The first-order valence-corrected chi connectivity index (χ1v) is 13.9. The van der Waals surface area contributed by atoms with E-state index in [2.05, 4.69) is 9.88 Å². The molecule has 3 aromatic carbocycles. The Morgan fingerprint density at radius 3 is 2.48 bits per heavy atom. The van der Waals surface area contributed by atoms with Gasteiger partial charge in [0.1, 0.15) is 0 Å². The van der Waals surface area contributed by atoms with Crippen LogP contribution in [0.3, 0.4) is 0 Å². The first kappa shape index (κ1) is 25.8. The standard InChI is InChI=1S/C32H32N4O4/c37-28(14-17-35-15-5-2-6-16-35)36-18-13-22-19-24(10-12-27(22)36)33-30(21-7-3-1-4-8-21)29-25-11-9-23(32(39)40)20-26(25)34-31(29)38/h1,3-4,7-12,19-20,34,38H,2,5-6,13-18H2,(H,39,40). The molecular formula is C32H32N4O4. The highest BCUT2D eigenvalue weighted by atomic mass is 16.4. The molecule has 4 aromatic rings. The molecule has 0 bridgehead atoms. The van der Waals surface area contributed by atoms with Gasteiger partial charge < -0.3 is 25.0 Å². The number of amides is 1. The van der Waals surface area contributed by atoms with Crippen LogP contribution >= 0.6 is 0 Å². The number of hydrogen-bond donors (Lipinski definition) is 3. The number of aromatic carboxylic acids is 1. The van der Waals surface area contributed by atoms with Gasteiger partial charge in [0.05, 0.1) is 22.5 Å². The Morgan fingerprint density at radius 1 is 0.900 bits per heavy atom. The molecule has 3 N–H and O–H groups in total. The fraction of sp³-hybridized carbons (Fsp3) is 0.281. The molecule has 0 unspecified atom stereocenters. The van der Waals surface area contributed by atoms with Crippen molar-refractivity contribution in [2.75, 3.05) is 31.1 Å². The van der Waals surface area contributed by atoms with E-state index in [1.807, 2.05) is 53.4 Å². The number of aromatic amines is 1. The third-order valence-electron chi connectivity index (χ3n) is 7.90. The Kier molecular flexibility index (Phi) is 7.09. The average Bonchev–Trinajstić information content (AvgIpc) is 3.55. The lowest BCUT2D eigenvalue weighted by atomic mass is 10.00. The van der Waals surface area contributed by atoms with Gasteiger partial charge >= 0.3 is 5.97 Å². The lowest BCUT2D eigenvalue weighted by Gasteiger charge is -2.27. The SMILES string of the molecule is O=C(O)c1ccc2c(C(=Nc3ccc4c(c3)CCN4C(=O)CCN3CCCCC3)c3ccccc3)c(O)[nH]c2c1. The predicted molar refractivity (Wildman–Crippen MR) is 156 cm³/mol. The van der Waals surface area contributed by atoms with Gasteiger partial charge in [-0.1, -0.05) is 42.8 Å². The minimum absolute atomic E-state index is 0.0771. The minimum Gasteiger partial charge on any atom is -0.494 e. The Hall–Kier alpha value is -4.43. The number of carbonyl (C=O) groups is 2. The monoisotopic (exact) mass is 536 g/mol. The van der Waals surface area contributed by atoms with Crippen LogP contribution in [0.15, 0.2) is 71.7 Å². The van der Waals surface area contributed by atoms with Crippen molar-refractivity contribution in [1.82, 2.24) is 9.88 Å². The molecule has 40 heavy (non-hydrogen) atoms. The molecule has 1 aromatic heterocycles. The molecular weight excluding hydrogens is 504 g/mol. The third-order valence-corrected chi connectivity index (χ3v) is 7.90. The van der Waals surface area contributed by atoms with Crippen LogP contribution in [0.4, 0.5) is 11.4 Å². The van der Waals surface area contributed by atoms with E-state index in [9.17, 15) is 19.8 Å². The van der Waals surface area contributed by atoms with E-state index in [1.54, 1.807) is 6.07 Å². The van der Waals surface area contributed by atoms with Gasteiger partial charge in [-0.15, -0.1) is 0 Å². The maximum Gasteiger partial charge on any atom is 0.335 e. The summed E-state index contributed by atoms with van der Waals surface area (Å²) in [7, 11) is 0. The summed E-state index contributed by atoms with van der Waals surface area (Å²) < 4.78 is 0. The number of H-pyrrole nitrogens is 1. The molecule has 1 saturated heterocycles. The molecule has 204 valence electrons. The summed E-state index contributed by atoms with van der Waals surface area (Å²) in [5.41, 5.74) is 5.28. The molecule has 1 fully saturated rings. The summed E-state index contributed by atoms with van der Waals surface area (Å²) >= 11 is 0. The summed E-state index contributed by atoms with van der Waals surface area (Å²) in [6.07, 6.45) is 5.02. The zero-order valence-corrected chi connectivity index (χ0v) is 22.3. The quantitative estimate of drug-likeness (QED) is 0.270. The fourth-order valence-corrected chi connectivity index (χ4v) is 5.83. The number of nitrogens with zero attached hydrogens (tertiary/aromatic N) is 3. The molecule has 6 rings (SSSR count). The van der Waals surface area contributed by atoms with Crippen molar-refractivity contribution in [2.45, 2.75) is 32.1 Å². The molecule has 1 amide bonds. The van der Waals surface area contributed by atoms with Crippen molar-refractivity contribution >= 4 is 39.9 Å². The Labute approximate surface area is 232 Å². The number of aliphatic imine (C=N–C) groups is 1. The second-order valence-electron chi connectivity index (χ2n) is 10.5. The second-order valence-corrected chi connectivity index (χ2v) is 10.5. The van der Waals surface area contributed by atoms with Crippen LogP contribution in [-0.4, -0.2) is 63.9 Å². The first-order chi connectivity index (χ1) is 19.5. The summed E-state index contributed by atoms with van der Waals surface area (Å²) in [5.74, 6) is -0.951. The van der Waals surface area contributed by atoms with Crippen molar-refractivity contribution < 1.29 is 19.8 Å². The number of piperidine rings is 1. The Morgan fingerprint density at radius 2 is 1.70 bits per heavy atom. The lowest BCUT2D eigenvalue weighted by molar-refractivity contribution is -0.118. The fourth-order valence-electron chi connectivity index (χ4n) is 5.83. The predicted octanol–water partition coefficient (Wildman–Crippen LogP) is 5.51. The summed E-state index contributed by atoms with van der Waals surface area (Å²) in [4.78, 5) is 36.8. The molecule has 0 radical (unpaired) electrons. The first-order valence-electron chi connectivity index (χ1n) is 13.9. The highest BCUT2D eigenvalue weighted by molar-refractivity contribution is 6.22. The van der Waals surface area contributed by atoms with Gasteiger partial charge in [-0.25, -0.2) is 9.79 Å². The molecule has 8 heteroatoms. The van der Waals surface area contributed by atoms with Crippen LogP contribution in [0, 0.1) is 0 Å². The number of carboxylic acids is 1. The van der Waals surface area contributed by atoms with Gasteiger partial charge in [0.15, 0.2) is 5.88 Å². The number of benzene rings is 3. The van der Waals surface area contributed by atoms with E-state index in [-0.39, 0.29) is 17.4 Å². The molecule has 3 heterocycles. The number of anilines is 1. The normalized spacial score (nSPS) is 15.9. The number of nitrogens with one attached hydrogen (secondary N) is 1. The Balaban J connectivity index is 1.32. The van der Waals surface area contributed by atoms with Crippen molar-refractivity contribution in [3.63, 3.8) is 0 Å². The zero-order chi connectivity index (χ0) is 27.6. The van der Waals surface area contributed by atoms with Crippen molar-refractivity contribution in [3.05, 3.63) is 89.0 Å². The average molecular weight is 537 g/mol. The van der Waals surface area contributed by atoms with E-state index in [4.69, 9.17) is 4.99 Å². The largest absolute Gasteiger partial charge is 0.494 e. The number of carbonyl (C=O) groups excluding carboxylic acids is 1. The smallest absolute Gasteiger partial charge is 0.335 e. The second kappa shape index (κ2) is 11.0. The number of rotatable bonds is 7. The third kappa shape index (κ3) is 5.10. The number of fused-ring (bicyclic) bond motifs is 2. The number of aromatic nitrogens is 1. The van der Waals surface area contributed by atoms with Crippen LogP contribution in [-0.2, 0) is 11.2 Å². The van der Waals surface area contributed by atoms with Crippen molar-refractivity contribution in [1.29, 1.82) is 0 Å². The minimum atomic E-state index is -1.04. The molecule has 8 nitrogen and oxygen atoms in total. The number of aromatic hydroxyl groups is 1. The van der Waals surface area contributed by atoms with E-state index >= 15 is 0 Å². The van der Waals surface area contributed by atoms with E-state index < -0.39 is 5.97 Å². The Bertz CT molecular complexity index is 1600. The van der Waals surface area contributed by atoms with Crippen LogP contribution in [0.25, 0.3) is 10.9 Å². The number of likely N-dealkylation sites (tertiary alicyclic amines) is 1. The summed E-state index contributed by atoms with van der Waals surface area (Å²) in [6, 6.07) is 20.2. The van der Waals surface area contributed by atoms with Crippen LogP contribution in [0.2, 0.25) is 0 Å². The van der Waals surface area contributed by atoms with Crippen molar-refractivity contribution in [2.24, 2.45) is 4.99 Å². The molecule has 0 aliphatic carbocycles. The highest BCUT2D eigenvalue weighted by Crippen LogP contribution is 2.35. The summed E-state index contributed by atoms with van der Waals surface area (Å²) in [5, 5.41) is 21.0. The molecule has 2 aliphatic rings. The maximum absolute atomic E-state index is 13.1. The van der Waals surface area contributed by atoms with Gasteiger partial charge in [0.2, 0.25) is 5.91 Å².